The van der Waals surface area contributed by atoms with E-state index in [2.05, 4.69) is 46.6 Å². The Balaban J connectivity index is 1.98. The van der Waals surface area contributed by atoms with Gasteiger partial charge in [0.25, 0.3) is 0 Å². The van der Waals surface area contributed by atoms with Gasteiger partial charge in [0.1, 0.15) is 0 Å². The quantitative estimate of drug-likeness (QED) is 0.619. The first-order valence-electron chi connectivity index (χ1n) is 6.76. The van der Waals surface area contributed by atoms with Crippen LogP contribution < -0.4 is 0 Å². The van der Waals surface area contributed by atoms with E-state index >= 15 is 0 Å². The van der Waals surface area contributed by atoms with Crippen LogP contribution in [-0.2, 0) is 0 Å². The summed E-state index contributed by atoms with van der Waals surface area (Å²) in [7, 11) is 2.43. The lowest BCUT2D eigenvalue weighted by Gasteiger charge is -2.60. The van der Waals surface area contributed by atoms with E-state index < -0.39 is 0 Å². The van der Waals surface area contributed by atoms with Crippen molar-refractivity contribution >= 4 is 0 Å². The van der Waals surface area contributed by atoms with E-state index in [-0.39, 0.29) is 0 Å². The molecule has 2 rings (SSSR count). The van der Waals surface area contributed by atoms with Gasteiger partial charge >= 0.3 is 0 Å². The van der Waals surface area contributed by atoms with Gasteiger partial charge in [-0.25, -0.2) is 0 Å². The van der Waals surface area contributed by atoms with Crippen LogP contribution in [-0.4, -0.2) is 54.2 Å². The number of hydrogen-bond donors (Lipinski definition) is 0. The van der Waals surface area contributed by atoms with Crippen molar-refractivity contribution in [3.05, 3.63) is 0 Å². The molecule has 2 heterocycles. The Kier molecular flexibility index (Phi) is 2.67. The Morgan fingerprint density at radius 1 is 1.19 bits per heavy atom. The van der Waals surface area contributed by atoms with Crippen LogP contribution in [0.1, 0.15) is 41.0 Å². The minimum atomic E-state index is 0.413. The molecule has 0 saturated carbocycles. The molecule has 2 nitrogen and oxygen atoms in total. The van der Waals surface area contributed by atoms with Gasteiger partial charge in [-0.1, -0.05) is 0 Å². The topological polar surface area (TPSA) is 3.24 Å². The zero-order valence-corrected chi connectivity index (χ0v) is 12.0. The monoisotopic (exact) mass is 225 g/mol. The number of rotatable bonds is 1. The second kappa shape index (κ2) is 3.46. The molecule has 16 heavy (non-hydrogen) atoms. The Hall–Kier alpha value is -0.0800. The number of quaternary nitrogens is 1. The van der Waals surface area contributed by atoms with Gasteiger partial charge in [-0.15, -0.1) is 0 Å². The third-order valence-electron chi connectivity index (χ3n) is 5.19. The average Bonchev–Trinajstić information content (AvgIpc) is 2.45. The van der Waals surface area contributed by atoms with Gasteiger partial charge in [0.15, 0.2) is 0 Å². The molecule has 1 spiro atoms. The van der Waals surface area contributed by atoms with Crippen molar-refractivity contribution in [1.29, 1.82) is 0 Å². The van der Waals surface area contributed by atoms with Gasteiger partial charge in [-0.2, -0.15) is 0 Å². The molecule has 2 aliphatic rings. The lowest BCUT2D eigenvalue weighted by Crippen LogP contribution is -2.74. The normalized spacial score (nSPS) is 40.7. The van der Waals surface area contributed by atoms with Crippen molar-refractivity contribution in [2.75, 3.05) is 33.2 Å². The third-order valence-corrected chi connectivity index (χ3v) is 5.19. The van der Waals surface area contributed by atoms with Crippen molar-refractivity contribution in [3.63, 3.8) is 0 Å². The lowest BCUT2D eigenvalue weighted by molar-refractivity contribution is -1.01. The molecule has 0 radical (unpaired) electrons. The van der Waals surface area contributed by atoms with Crippen molar-refractivity contribution < 1.29 is 4.48 Å². The number of likely N-dealkylation sites (tertiary alicyclic amines) is 2. The second-order valence-electron chi connectivity index (χ2n) is 7.70. The molecule has 2 saturated heterocycles. The summed E-state index contributed by atoms with van der Waals surface area (Å²) in [6.07, 6.45) is 1.43. The highest BCUT2D eigenvalue weighted by Crippen LogP contribution is 2.47. The molecule has 0 atom stereocenters. The molecule has 0 aromatic heterocycles. The van der Waals surface area contributed by atoms with E-state index in [1.165, 1.54) is 37.1 Å². The highest BCUT2D eigenvalue weighted by molar-refractivity contribution is 4.97. The molecule has 0 aliphatic carbocycles. The minimum absolute atomic E-state index is 0.413. The average molecular weight is 225 g/mol. The Bertz CT molecular complexity index is 269. The molecular weight excluding hydrogens is 196 g/mol. The maximum absolute atomic E-state index is 2.66. The first-order chi connectivity index (χ1) is 7.18. The molecule has 94 valence electrons. The summed E-state index contributed by atoms with van der Waals surface area (Å²) < 4.78 is 1.26. The number of nitrogens with zero attached hydrogens (tertiary/aromatic N) is 2. The molecule has 0 aromatic rings. The fourth-order valence-electron chi connectivity index (χ4n) is 3.58. The van der Waals surface area contributed by atoms with Gasteiger partial charge in [-0.3, -0.25) is 4.90 Å². The summed E-state index contributed by atoms with van der Waals surface area (Å²) in [5.41, 5.74) is 1.07. The first-order valence-corrected chi connectivity index (χ1v) is 6.76. The van der Waals surface area contributed by atoms with Gasteiger partial charge in [0.05, 0.1) is 31.1 Å². The highest BCUT2D eigenvalue weighted by atomic mass is 15.5. The van der Waals surface area contributed by atoms with Gasteiger partial charge < -0.3 is 4.48 Å². The highest BCUT2D eigenvalue weighted by Gasteiger charge is 2.60. The van der Waals surface area contributed by atoms with Crippen LogP contribution in [0.4, 0.5) is 0 Å². The standard InChI is InChI=1S/C14H29N2/c1-12(2)15-8-7-14(9-15)10-16(6,11-14)13(3,4)5/h12H,7-11H2,1-6H3/q+1. The van der Waals surface area contributed by atoms with Crippen LogP contribution >= 0.6 is 0 Å². The van der Waals surface area contributed by atoms with E-state index in [0.29, 0.717) is 11.0 Å². The van der Waals surface area contributed by atoms with E-state index in [0.717, 1.165) is 6.04 Å². The van der Waals surface area contributed by atoms with Gasteiger partial charge in [0.2, 0.25) is 0 Å². The summed E-state index contributed by atoms with van der Waals surface area (Å²) in [4.78, 5) is 2.66. The molecule has 0 amide bonds. The van der Waals surface area contributed by atoms with Crippen LogP contribution in [0.25, 0.3) is 0 Å². The Morgan fingerprint density at radius 3 is 2.12 bits per heavy atom. The summed E-state index contributed by atoms with van der Waals surface area (Å²) in [6.45, 7) is 17.2. The third kappa shape index (κ3) is 1.80. The van der Waals surface area contributed by atoms with Crippen molar-refractivity contribution in [3.8, 4) is 0 Å². The van der Waals surface area contributed by atoms with Gasteiger partial charge in [-0.05, 0) is 47.6 Å². The Labute approximate surface area is 101 Å². The molecule has 0 bridgehead atoms. The summed E-state index contributed by atoms with van der Waals surface area (Å²) in [5, 5.41) is 0. The molecular formula is C14H29N2+. The first kappa shape index (κ1) is 12.4. The number of hydrogen-bond acceptors (Lipinski definition) is 1. The summed E-state index contributed by atoms with van der Waals surface area (Å²) in [6, 6.07) is 0.730. The molecule has 0 aromatic carbocycles. The summed E-state index contributed by atoms with van der Waals surface area (Å²) in [5.74, 6) is 0. The SMILES string of the molecule is CC(C)N1CCC2(C1)C[N+](C)(C(C)(C)C)C2. The fraction of sp³-hybridized carbons (Fsp3) is 1.00. The molecule has 2 heteroatoms. The molecule has 0 N–H and O–H groups in total. The predicted molar refractivity (Wildman–Crippen MR) is 69.4 cm³/mol. The molecule has 2 fully saturated rings. The van der Waals surface area contributed by atoms with Crippen LogP contribution in [0.2, 0.25) is 0 Å². The van der Waals surface area contributed by atoms with Crippen LogP contribution in [0.15, 0.2) is 0 Å². The van der Waals surface area contributed by atoms with Crippen LogP contribution in [0, 0.1) is 5.41 Å². The van der Waals surface area contributed by atoms with E-state index in [1.54, 1.807) is 0 Å². The minimum Gasteiger partial charge on any atom is -0.320 e. The van der Waals surface area contributed by atoms with Crippen molar-refractivity contribution in [1.82, 2.24) is 4.90 Å². The molecule has 2 aliphatic heterocycles. The Morgan fingerprint density at radius 2 is 1.75 bits per heavy atom. The zero-order valence-electron chi connectivity index (χ0n) is 12.0. The second-order valence-corrected chi connectivity index (χ2v) is 7.70. The van der Waals surface area contributed by atoms with Crippen LogP contribution in [0.5, 0.6) is 0 Å². The van der Waals surface area contributed by atoms with Crippen molar-refractivity contribution in [2.24, 2.45) is 5.41 Å². The fourth-order valence-corrected chi connectivity index (χ4v) is 3.58. The van der Waals surface area contributed by atoms with E-state index in [1.807, 2.05) is 0 Å². The van der Waals surface area contributed by atoms with Crippen molar-refractivity contribution in [2.45, 2.75) is 52.6 Å². The van der Waals surface area contributed by atoms with E-state index in [4.69, 9.17) is 0 Å². The lowest BCUT2D eigenvalue weighted by atomic mass is 9.73. The van der Waals surface area contributed by atoms with Crippen LogP contribution in [0.3, 0.4) is 0 Å². The summed E-state index contributed by atoms with van der Waals surface area (Å²) >= 11 is 0. The largest absolute Gasteiger partial charge is 0.320 e. The zero-order chi connectivity index (χ0) is 12.2. The predicted octanol–water partition coefficient (Wildman–Crippen LogP) is 2.35. The smallest absolute Gasteiger partial charge is 0.0913 e. The molecule has 0 unspecified atom stereocenters. The van der Waals surface area contributed by atoms with Gasteiger partial charge in [0, 0.05) is 12.6 Å². The van der Waals surface area contributed by atoms with E-state index in [9.17, 15) is 0 Å². The maximum atomic E-state index is 2.66. The maximum Gasteiger partial charge on any atom is 0.0913 e.